The molecule has 0 aliphatic carbocycles. The van der Waals surface area contributed by atoms with Crippen molar-refractivity contribution < 1.29 is 28.5 Å². The van der Waals surface area contributed by atoms with Crippen LogP contribution >= 0.6 is 8.03 Å². The van der Waals surface area contributed by atoms with Crippen LogP contribution in [0.5, 0.6) is 0 Å². The quantitative estimate of drug-likeness (QED) is 0.650. The molecule has 0 aromatic carbocycles. The Bertz CT molecular complexity index is 780. The molecule has 3 rings (SSSR count). The fourth-order valence-electron chi connectivity index (χ4n) is 2.92. The number of hydrogen-bond donors (Lipinski definition) is 3. The second-order valence-corrected chi connectivity index (χ2v) is 7.57. The molecular formula is C15H21N3O6P+. The summed E-state index contributed by atoms with van der Waals surface area (Å²) in [7, 11) is -0.102. The number of aromatic nitrogens is 2. The Balaban J connectivity index is 1.90. The van der Waals surface area contributed by atoms with Gasteiger partial charge >= 0.3 is 8.03 Å². The molecule has 1 aliphatic rings. The Labute approximate surface area is 145 Å². The molecule has 0 amide bonds. The van der Waals surface area contributed by atoms with Crippen molar-refractivity contribution in [1.29, 1.82) is 0 Å². The third kappa shape index (κ3) is 3.14. The monoisotopic (exact) mass is 370 g/mol. The highest BCUT2D eigenvalue weighted by molar-refractivity contribution is 7.39. The number of nitrogens with zero attached hydrogens (tertiary/aromatic N) is 2. The zero-order valence-electron chi connectivity index (χ0n) is 14.2. The van der Waals surface area contributed by atoms with Crippen molar-refractivity contribution in [3.05, 3.63) is 18.2 Å². The molecule has 9 nitrogen and oxygen atoms in total. The van der Waals surface area contributed by atoms with Crippen LogP contribution in [-0.4, -0.2) is 57.8 Å². The summed E-state index contributed by atoms with van der Waals surface area (Å²) in [4.78, 5) is 8.27. The van der Waals surface area contributed by atoms with E-state index in [1.807, 2.05) is 0 Å². The topological polar surface area (TPSA) is 127 Å². The standard InChI is InChI=1S/C15H21N3O6P/c1-4-25(21)23-6-9-12(19)15(2,20)13(24-9)8-5-22-11-10(8)17-7-18-14(11)16-3/h5,7,9,12-13,19-20H,4,6H2,1-3H3,(H,16,17,18)/q+1. The van der Waals surface area contributed by atoms with Crippen molar-refractivity contribution in [2.45, 2.75) is 37.8 Å². The van der Waals surface area contributed by atoms with Crippen molar-refractivity contribution in [3.63, 3.8) is 0 Å². The molecule has 25 heavy (non-hydrogen) atoms. The van der Waals surface area contributed by atoms with Crippen molar-refractivity contribution in [1.82, 2.24) is 9.97 Å². The summed E-state index contributed by atoms with van der Waals surface area (Å²) in [6, 6.07) is 0. The maximum atomic E-state index is 11.5. The summed E-state index contributed by atoms with van der Waals surface area (Å²) in [5, 5.41) is 24.1. The summed E-state index contributed by atoms with van der Waals surface area (Å²) < 4.78 is 28.0. The van der Waals surface area contributed by atoms with Crippen molar-refractivity contribution in [2.24, 2.45) is 0 Å². The Morgan fingerprint density at radius 2 is 2.24 bits per heavy atom. The van der Waals surface area contributed by atoms with E-state index in [-0.39, 0.29) is 6.61 Å². The highest BCUT2D eigenvalue weighted by atomic mass is 31.1. The number of furan rings is 1. The summed E-state index contributed by atoms with van der Waals surface area (Å²) in [5.74, 6) is 0.509. The van der Waals surface area contributed by atoms with Crippen LogP contribution in [0.1, 0.15) is 25.5 Å². The third-order valence-electron chi connectivity index (χ3n) is 4.33. The van der Waals surface area contributed by atoms with Gasteiger partial charge in [-0.05, 0) is 18.4 Å². The van der Waals surface area contributed by atoms with Crippen LogP contribution in [0.3, 0.4) is 0 Å². The average Bonchev–Trinajstić information content (AvgIpc) is 3.12. The van der Waals surface area contributed by atoms with E-state index < -0.39 is 31.9 Å². The number of hydrogen-bond acceptors (Lipinski definition) is 9. The zero-order chi connectivity index (χ0) is 18.2. The molecule has 136 valence electrons. The first kappa shape index (κ1) is 18.2. The lowest BCUT2D eigenvalue weighted by Gasteiger charge is -2.25. The van der Waals surface area contributed by atoms with Gasteiger partial charge in [0.25, 0.3) is 0 Å². The van der Waals surface area contributed by atoms with Gasteiger partial charge in [0.2, 0.25) is 0 Å². The lowest BCUT2D eigenvalue weighted by molar-refractivity contribution is -0.0643. The molecule has 10 heteroatoms. The SMILES string of the molecule is CC[P+](=O)OCC1OC(c2coc3c(NC)ncnc23)C(C)(O)C1O. The van der Waals surface area contributed by atoms with Gasteiger partial charge in [-0.1, -0.05) is 0 Å². The number of aliphatic hydroxyl groups excluding tert-OH is 1. The van der Waals surface area contributed by atoms with Gasteiger partial charge in [0.15, 0.2) is 17.6 Å². The third-order valence-corrected chi connectivity index (χ3v) is 5.29. The lowest BCUT2D eigenvalue weighted by atomic mass is 9.89. The molecule has 0 saturated carbocycles. The second-order valence-electron chi connectivity index (χ2n) is 6.01. The van der Waals surface area contributed by atoms with E-state index in [0.29, 0.717) is 28.6 Å². The van der Waals surface area contributed by atoms with Crippen LogP contribution in [0.15, 0.2) is 17.0 Å². The Morgan fingerprint density at radius 3 is 2.92 bits per heavy atom. The van der Waals surface area contributed by atoms with Crippen LogP contribution < -0.4 is 5.32 Å². The average molecular weight is 370 g/mol. The van der Waals surface area contributed by atoms with Gasteiger partial charge in [0, 0.05) is 12.6 Å². The number of aliphatic hydroxyl groups is 2. The smallest absolute Gasteiger partial charge is 0.458 e. The molecule has 3 N–H and O–H groups in total. The van der Waals surface area contributed by atoms with Gasteiger partial charge in [0.1, 0.15) is 42.4 Å². The summed E-state index contributed by atoms with van der Waals surface area (Å²) in [6.45, 7) is 3.13. The minimum absolute atomic E-state index is 0.0800. The molecule has 3 heterocycles. The van der Waals surface area contributed by atoms with E-state index in [4.69, 9.17) is 13.7 Å². The largest absolute Gasteiger partial charge is 0.507 e. The van der Waals surface area contributed by atoms with E-state index in [2.05, 4.69) is 15.3 Å². The van der Waals surface area contributed by atoms with Crippen molar-refractivity contribution >= 4 is 24.9 Å². The van der Waals surface area contributed by atoms with E-state index in [9.17, 15) is 14.8 Å². The molecular weight excluding hydrogens is 349 g/mol. The van der Waals surface area contributed by atoms with E-state index >= 15 is 0 Å². The Morgan fingerprint density at radius 1 is 1.48 bits per heavy atom. The molecule has 5 unspecified atom stereocenters. The van der Waals surface area contributed by atoms with Gasteiger partial charge in [-0.15, -0.1) is 4.52 Å². The van der Waals surface area contributed by atoms with Crippen LogP contribution in [0.4, 0.5) is 5.82 Å². The normalized spacial score (nSPS) is 30.0. The van der Waals surface area contributed by atoms with Gasteiger partial charge in [-0.3, -0.25) is 0 Å². The van der Waals surface area contributed by atoms with Crippen molar-refractivity contribution in [2.75, 3.05) is 25.1 Å². The zero-order valence-corrected chi connectivity index (χ0v) is 15.1. The first-order chi connectivity index (χ1) is 11.9. The number of rotatable bonds is 6. The van der Waals surface area contributed by atoms with Crippen LogP contribution in [0.2, 0.25) is 0 Å². The first-order valence-corrected chi connectivity index (χ1v) is 9.29. The van der Waals surface area contributed by atoms with Gasteiger partial charge in [-0.25, -0.2) is 9.97 Å². The van der Waals surface area contributed by atoms with E-state index in [0.717, 1.165) is 0 Å². The van der Waals surface area contributed by atoms with Gasteiger partial charge in [-0.2, -0.15) is 0 Å². The molecule has 5 atom stereocenters. The van der Waals surface area contributed by atoms with Crippen LogP contribution in [0.25, 0.3) is 11.1 Å². The molecule has 2 aromatic rings. The van der Waals surface area contributed by atoms with Gasteiger partial charge in [0.05, 0.1) is 6.26 Å². The second kappa shape index (κ2) is 6.93. The van der Waals surface area contributed by atoms with Gasteiger partial charge < -0.3 is 24.7 Å². The molecule has 1 fully saturated rings. The molecule has 0 bridgehead atoms. The molecule has 0 spiro atoms. The number of anilines is 1. The molecule has 1 saturated heterocycles. The van der Waals surface area contributed by atoms with E-state index in [1.165, 1.54) is 19.5 Å². The maximum absolute atomic E-state index is 11.5. The number of ether oxygens (including phenoxy) is 1. The summed E-state index contributed by atoms with van der Waals surface area (Å²) in [5.41, 5.74) is -0.172. The predicted molar refractivity (Wildman–Crippen MR) is 89.7 cm³/mol. The van der Waals surface area contributed by atoms with Crippen LogP contribution in [0, 0.1) is 0 Å². The highest BCUT2D eigenvalue weighted by Crippen LogP contribution is 2.45. The van der Waals surface area contributed by atoms with E-state index in [1.54, 1.807) is 14.0 Å². The fraction of sp³-hybridized carbons (Fsp3) is 0.600. The summed E-state index contributed by atoms with van der Waals surface area (Å²) in [6.07, 6.45) is 0.265. The van der Waals surface area contributed by atoms with Crippen LogP contribution in [-0.2, 0) is 13.8 Å². The highest BCUT2D eigenvalue weighted by Gasteiger charge is 2.54. The minimum Gasteiger partial charge on any atom is -0.458 e. The molecule has 1 aliphatic heterocycles. The molecule has 0 radical (unpaired) electrons. The molecule has 2 aromatic heterocycles. The lowest BCUT2D eigenvalue weighted by Crippen LogP contribution is -2.43. The fourth-order valence-corrected chi connectivity index (χ4v) is 3.41. The first-order valence-electron chi connectivity index (χ1n) is 7.93. The number of fused-ring (bicyclic) bond motifs is 1. The maximum Gasteiger partial charge on any atom is 0.507 e. The Hall–Kier alpha value is -1.64. The number of nitrogens with one attached hydrogen (secondary N) is 1. The minimum atomic E-state index is -1.81. The predicted octanol–water partition coefficient (Wildman–Crippen LogP) is 1.60. The Kier molecular flexibility index (Phi) is 5.04. The summed E-state index contributed by atoms with van der Waals surface area (Å²) >= 11 is 0. The van der Waals surface area contributed by atoms with Crippen molar-refractivity contribution in [3.8, 4) is 0 Å².